The Morgan fingerprint density at radius 2 is 1.87 bits per heavy atom. The summed E-state index contributed by atoms with van der Waals surface area (Å²) in [5.41, 5.74) is 2.97. The quantitative estimate of drug-likeness (QED) is 0.334. The van der Waals surface area contributed by atoms with Gasteiger partial charge < -0.3 is 18.8 Å². The van der Waals surface area contributed by atoms with Gasteiger partial charge in [-0.1, -0.05) is 36.4 Å². The zero-order chi connectivity index (χ0) is 27.6. The number of ether oxygens (including phenoxy) is 3. The van der Waals surface area contributed by atoms with Gasteiger partial charge in [0, 0.05) is 44.5 Å². The van der Waals surface area contributed by atoms with Gasteiger partial charge in [0.1, 0.15) is 0 Å². The first-order chi connectivity index (χ1) is 18.9. The van der Waals surface area contributed by atoms with Gasteiger partial charge in [0.05, 0.1) is 17.8 Å². The summed E-state index contributed by atoms with van der Waals surface area (Å²) >= 11 is 0. The molecule has 0 amide bonds. The van der Waals surface area contributed by atoms with Gasteiger partial charge in [-0.25, -0.2) is 4.79 Å². The van der Waals surface area contributed by atoms with Crippen LogP contribution in [0.3, 0.4) is 0 Å². The summed E-state index contributed by atoms with van der Waals surface area (Å²) in [6.45, 7) is 4.99. The van der Waals surface area contributed by atoms with E-state index in [0.29, 0.717) is 24.4 Å². The minimum atomic E-state index is -1.16. The third-order valence-electron chi connectivity index (χ3n) is 7.57. The molecule has 8 nitrogen and oxygen atoms in total. The number of benzene rings is 2. The van der Waals surface area contributed by atoms with Crippen LogP contribution in [0.15, 0.2) is 70.4 Å². The van der Waals surface area contributed by atoms with Gasteiger partial charge in [0.2, 0.25) is 0 Å². The number of pyridine rings is 1. The molecule has 1 saturated heterocycles. The van der Waals surface area contributed by atoms with E-state index >= 15 is 0 Å². The Hall–Kier alpha value is -3.59. The van der Waals surface area contributed by atoms with E-state index in [4.69, 9.17) is 14.2 Å². The summed E-state index contributed by atoms with van der Waals surface area (Å²) in [5, 5.41) is 0.777. The number of aryl methyl sites for hydroxylation is 3. The van der Waals surface area contributed by atoms with Crippen molar-refractivity contribution in [1.82, 2.24) is 14.1 Å². The molecule has 39 heavy (non-hydrogen) atoms. The van der Waals surface area contributed by atoms with Crippen molar-refractivity contribution in [3.8, 4) is 11.1 Å². The third-order valence-corrected chi connectivity index (χ3v) is 7.57. The molecule has 0 radical (unpaired) electrons. The van der Waals surface area contributed by atoms with Crippen LogP contribution in [0.25, 0.3) is 22.0 Å². The lowest BCUT2D eigenvalue weighted by molar-refractivity contribution is -0.191. The molecule has 5 rings (SSSR count). The number of methoxy groups -OCH3 is 1. The van der Waals surface area contributed by atoms with Crippen LogP contribution in [-0.2, 0) is 33.4 Å². The van der Waals surface area contributed by atoms with Crippen molar-refractivity contribution in [1.29, 1.82) is 0 Å². The molecule has 0 spiro atoms. The Balaban J connectivity index is 1.75. The van der Waals surface area contributed by atoms with Gasteiger partial charge in [-0.05, 0) is 68.0 Å². The Labute approximate surface area is 227 Å². The van der Waals surface area contributed by atoms with E-state index in [2.05, 4.69) is 4.98 Å². The van der Waals surface area contributed by atoms with Gasteiger partial charge >= 0.3 is 5.69 Å². The van der Waals surface area contributed by atoms with Crippen molar-refractivity contribution in [3.05, 3.63) is 98.5 Å². The predicted octanol–water partition coefficient (Wildman–Crippen LogP) is 4.52. The van der Waals surface area contributed by atoms with E-state index in [0.717, 1.165) is 46.9 Å². The smallest absolute Gasteiger partial charge is 0.348 e. The molecule has 0 saturated carbocycles. The highest BCUT2D eigenvalue weighted by atomic mass is 16.7. The molecule has 2 aromatic carbocycles. The highest BCUT2D eigenvalue weighted by Gasteiger charge is 2.40. The predicted molar refractivity (Wildman–Crippen MR) is 151 cm³/mol. The van der Waals surface area contributed by atoms with Crippen molar-refractivity contribution >= 4 is 10.9 Å². The lowest BCUT2D eigenvalue weighted by Gasteiger charge is -2.35. The lowest BCUT2D eigenvalue weighted by atomic mass is 9.87. The van der Waals surface area contributed by atoms with Crippen molar-refractivity contribution in [3.63, 3.8) is 0 Å². The van der Waals surface area contributed by atoms with Gasteiger partial charge in [0.15, 0.2) is 11.9 Å². The molecule has 0 N–H and O–H groups in total. The molecule has 1 aliphatic rings. The van der Waals surface area contributed by atoms with Crippen LogP contribution in [0.1, 0.15) is 43.0 Å². The second-order valence-electron chi connectivity index (χ2n) is 10.1. The summed E-state index contributed by atoms with van der Waals surface area (Å²) in [6.07, 6.45) is 4.33. The van der Waals surface area contributed by atoms with Crippen molar-refractivity contribution in [2.75, 3.05) is 20.3 Å². The number of hydrogen-bond acceptors (Lipinski definition) is 6. The SMILES string of the molecule is CCn1c(=O)nc(C(COC2CCCCO2)(OC)c2ccccc2)c2cc(-c3cc(C)c(=O)n(C)c3)ccc21. The molecule has 2 atom stereocenters. The van der Waals surface area contributed by atoms with Crippen molar-refractivity contribution in [2.45, 2.75) is 51.5 Å². The molecule has 0 aliphatic carbocycles. The van der Waals surface area contributed by atoms with Crippen LogP contribution in [0.5, 0.6) is 0 Å². The van der Waals surface area contributed by atoms with Gasteiger partial charge in [0.25, 0.3) is 5.56 Å². The topological polar surface area (TPSA) is 84.6 Å². The highest BCUT2D eigenvalue weighted by molar-refractivity contribution is 5.87. The van der Waals surface area contributed by atoms with Crippen LogP contribution in [0, 0.1) is 6.92 Å². The maximum atomic E-state index is 13.4. The number of aromatic nitrogens is 3. The molecule has 204 valence electrons. The van der Waals surface area contributed by atoms with Gasteiger partial charge in [-0.3, -0.25) is 9.36 Å². The molecule has 4 aromatic rings. The summed E-state index contributed by atoms with van der Waals surface area (Å²) in [6, 6.07) is 17.6. The zero-order valence-electron chi connectivity index (χ0n) is 23.0. The first kappa shape index (κ1) is 27.0. The molecule has 0 bridgehead atoms. The van der Waals surface area contributed by atoms with Crippen LogP contribution in [-0.4, -0.2) is 40.7 Å². The minimum absolute atomic E-state index is 0.0359. The zero-order valence-corrected chi connectivity index (χ0v) is 23.0. The van der Waals surface area contributed by atoms with E-state index in [1.165, 1.54) is 0 Å². The largest absolute Gasteiger partial charge is 0.365 e. The van der Waals surface area contributed by atoms with Crippen LogP contribution < -0.4 is 11.2 Å². The Kier molecular flexibility index (Phi) is 7.79. The fraction of sp³-hybridized carbons (Fsp3) is 0.387. The number of hydrogen-bond donors (Lipinski definition) is 0. The van der Waals surface area contributed by atoms with Gasteiger partial charge in [-0.2, -0.15) is 4.98 Å². The van der Waals surface area contributed by atoms with E-state index < -0.39 is 5.60 Å². The Morgan fingerprint density at radius 1 is 1.08 bits per heavy atom. The fourth-order valence-corrected chi connectivity index (χ4v) is 5.43. The monoisotopic (exact) mass is 529 g/mol. The standard InChI is InChI=1S/C31H35N3O5/c1-5-34-26-15-14-22(23-17-21(2)29(35)33(3)19-23)18-25(26)28(32-30(34)36)31(37-4,24-11-7-6-8-12-24)20-39-27-13-9-10-16-38-27/h6-8,11-12,14-15,17-19,27H,5,9-10,13,16,20H2,1-4H3. The van der Waals surface area contributed by atoms with Crippen molar-refractivity contribution < 1.29 is 14.2 Å². The maximum absolute atomic E-state index is 13.4. The molecule has 3 heterocycles. The molecule has 8 heteroatoms. The van der Waals surface area contributed by atoms with E-state index in [9.17, 15) is 9.59 Å². The Bertz CT molecular complexity index is 1560. The molecular weight excluding hydrogens is 494 g/mol. The average Bonchev–Trinajstić information content (AvgIpc) is 2.97. The number of fused-ring (bicyclic) bond motifs is 1. The second kappa shape index (κ2) is 11.3. The van der Waals surface area contributed by atoms with E-state index in [-0.39, 0.29) is 24.1 Å². The molecule has 1 fully saturated rings. The summed E-state index contributed by atoms with van der Waals surface area (Å²) in [4.78, 5) is 30.3. The first-order valence-corrected chi connectivity index (χ1v) is 13.4. The third kappa shape index (κ3) is 5.07. The molecular formula is C31H35N3O5. The minimum Gasteiger partial charge on any atom is -0.365 e. The second-order valence-corrected chi connectivity index (χ2v) is 10.1. The maximum Gasteiger partial charge on any atom is 0.348 e. The van der Waals surface area contributed by atoms with Crippen LogP contribution in [0.2, 0.25) is 0 Å². The first-order valence-electron chi connectivity index (χ1n) is 13.4. The average molecular weight is 530 g/mol. The number of rotatable bonds is 8. The molecule has 2 aromatic heterocycles. The number of nitrogens with zero attached hydrogens (tertiary/aromatic N) is 3. The van der Waals surface area contributed by atoms with E-state index in [1.807, 2.05) is 74.6 Å². The van der Waals surface area contributed by atoms with Gasteiger partial charge in [-0.15, -0.1) is 0 Å². The fourth-order valence-electron chi connectivity index (χ4n) is 5.43. The summed E-state index contributed by atoms with van der Waals surface area (Å²) < 4.78 is 21.7. The summed E-state index contributed by atoms with van der Waals surface area (Å²) in [5.74, 6) is 0. The molecule has 2 unspecified atom stereocenters. The summed E-state index contributed by atoms with van der Waals surface area (Å²) in [7, 11) is 3.37. The van der Waals surface area contributed by atoms with Crippen molar-refractivity contribution in [2.24, 2.45) is 7.05 Å². The normalized spacial score (nSPS) is 17.3. The van der Waals surface area contributed by atoms with E-state index in [1.54, 1.807) is 23.3 Å². The molecule has 1 aliphatic heterocycles. The lowest BCUT2D eigenvalue weighted by Crippen LogP contribution is -2.41. The van der Waals surface area contributed by atoms with Crippen LogP contribution >= 0.6 is 0 Å². The Morgan fingerprint density at radius 3 is 2.54 bits per heavy atom. The van der Waals surface area contributed by atoms with Crippen LogP contribution in [0.4, 0.5) is 0 Å². The highest BCUT2D eigenvalue weighted by Crippen LogP contribution is 2.38.